The minimum Gasteiger partial charge on any atom is -0.369 e. The first-order chi connectivity index (χ1) is 15.5. The topological polar surface area (TPSA) is 6.48 Å². The van der Waals surface area contributed by atoms with Crippen LogP contribution in [-0.4, -0.2) is 37.1 Å². The Bertz CT molecular complexity index is 1010. The number of allylic oxidation sites excluding steroid dienone is 1. The second-order valence-electron chi connectivity index (χ2n) is 9.34. The first-order valence-electron chi connectivity index (χ1n) is 12.0. The Morgan fingerprint density at radius 3 is 1.59 bits per heavy atom. The SMILES string of the molecule is CC(C)/C(=C(/c1ccccc1)c1ccc(N2CCN(C(C)C)CC2)cc1)c1ccccc1. The lowest BCUT2D eigenvalue weighted by molar-refractivity contribution is 0.209. The van der Waals surface area contributed by atoms with Gasteiger partial charge in [0.1, 0.15) is 0 Å². The van der Waals surface area contributed by atoms with Crippen LogP contribution in [0.4, 0.5) is 5.69 Å². The summed E-state index contributed by atoms with van der Waals surface area (Å²) in [6.45, 7) is 13.7. The van der Waals surface area contributed by atoms with Crippen LogP contribution in [0, 0.1) is 5.92 Å². The van der Waals surface area contributed by atoms with Crippen molar-refractivity contribution in [3.05, 3.63) is 102 Å². The van der Waals surface area contributed by atoms with E-state index in [1.54, 1.807) is 0 Å². The maximum Gasteiger partial charge on any atom is 0.0367 e. The van der Waals surface area contributed by atoms with Crippen LogP contribution in [-0.2, 0) is 0 Å². The first kappa shape index (κ1) is 22.4. The summed E-state index contributed by atoms with van der Waals surface area (Å²) < 4.78 is 0. The smallest absolute Gasteiger partial charge is 0.0367 e. The summed E-state index contributed by atoms with van der Waals surface area (Å²) in [6.07, 6.45) is 0. The monoisotopic (exact) mass is 424 g/mol. The van der Waals surface area contributed by atoms with Gasteiger partial charge in [-0.3, -0.25) is 4.90 Å². The molecule has 3 aromatic rings. The third-order valence-corrected chi connectivity index (χ3v) is 6.56. The van der Waals surface area contributed by atoms with Crippen molar-refractivity contribution in [3.8, 4) is 0 Å². The second-order valence-corrected chi connectivity index (χ2v) is 9.34. The zero-order valence-corrected chi connectivity index (χ0v) is 20.0. The summed E-state index contributed by atoms with van der Waals surface area (Å²) in [7, 11) is 0. The van der Waals surface area contributed by atoms with Crippen LogP contribution in [0.25, 0.3) is 11.1 Å². The van der Waals surface area contributed by atoms with Crippen LogP contribution < -0.4 is 4.90 Å². The molecule has 0 spiro atoms. The summed E-state index contributed by atoms with van der Waals surface area (Å²) in [5.74, 6) is 0.413. The Morgan fingerprint density at radius 2 is 1.09 bits per heavy atom. The van der Waals surface area contributed by atoms with Crippen LogP contribution >= 0.6 is 0 Å². The van der Waals surface area contributed by atoms with E-state index in [0.29, 0.717) is 12.0 Å². The molecule has 0 bridgehead atoms. The van der Waals surface area contributed by atoms with Gasteiger partial charge >= 0.3 is 0 Å². The third-order valence-electron chi connectivity index (χ3n) is 6.56. The average Bonchev–Trinajstić information content (AvgIpc) is 2.83. The molecule has 1 saturated heterocycles. The van der Waals surface area contributed by atoms with Gasteiger partial charge in [-0.25, -0.2) is 0 Å². The molecule has 0 unspecified atom stereocenters. The molecule has 1 aliphatic heterocycles. The van der Waals surface area contributed by atoms with Crippen LogP contribution in [0.5, 0.6) is 0 Å². The minimum atomic E-state index is 0.413. The molecule has 1 aliphatic rings. The van der Waals surface area contributed by atoms with Gasteiger partial charge in [0.15, 0.2) is 0 Å². The number of anilines is 1. The van der Waals surface area contributed by atoms with Gasteiger partial charge in [0.05, 0.1) is 0 Å². The highest BCUT2D eigenvalue weighted by Gasteiger charge is 2.20. The predicted molar refractivity (Wildman–Crippen MR) is 139 cm³/mol. The number of benzene rings is 3. The van der Waals surface area contributed by atoms with Crippen molar-refractivity contribution in [1.82, 2.24) is 4.90 Å². The molecule has 0 aromatic heterocycles. The molecule has 2 nitrogen and oxygen atoms in total. The number of hydrogen-bond acceptors (Lipinski definition) is 2. The Morgan fingerprint density at radius 1 is 0.594 bits per heavy atom. The fourth-order valence-electron chi connectivity index (χ4n) is 4.80. The normalized spacial score (nSPS) is 15.9. The van der Waals surface area contributed by atoms with Crippen molar-refractivity contribution < 1.29 is 0 Å². The van der Waals surface area contributed by atoms with Gasteiger partial charge < -0.3 is 4.90 Å². The highest BCUT2D eigenvalue weighted by molar-refractivity contribution is 5.99. The Kier molecular flexibility index (Phi) is 7.12. The fraction of sp³-hybridized carbons (Fsp3) is 0.333. The summed E-state index contributed by atoms with van der Waals surface area (Å²) in [6, 6.07) is 31.6. The molecule has 0 atom stereocenters. The zero-order valence-electron chi connectivity index (χ0n) is 20.0. The summed E-state index contributed by atoms with van der Waals surface area (Å²) in [5.41, 5.74) is 7.93. The standard InChI is InChI=1S/C30H36N2/c1-23(2)29(25-11-7-5-8-12-25)30(26-13-9-6-10-14-26)27-15-17-28(18-16-27)32-21-19-31(20-22-32)24(3)4/h5-18,23-24H,19-22H2,1-4H3/b30-29+. The second kappa shape index (κ2) is 10.2. The molecule has 4 rings (SSSR count). The molecular formula is C30H36N2. The Labute approximate surface area is 194 Å². The van der Waals surface area contributed by atoms with Gasteiger partial charge in [0.2, 0.25) is 0 Å². The fourth-order valence-corrected chi connectivity index (χ4v) is 4.80. The van der Waals surface area contributed by atoms with E-state index in [1.165, 1.54) is 33.5 Å². The van der Waals surface area contributed by atoms with Crippen molar-refractivity contribution in [2.24, 2.45) is 5.92 Å². The lowest BCUT2D eigenvalue weighted by atomic mass is 9.84. The lowest BCUT2D eigenvalue weighted by Crippen LogP contribution is -2.48. The van der Waals surface area contributed by atoms with E-state index in [0.717, 1.165) is 26.2 Å². The van der Waals surface area contributed by atoms with E-state index in [9.17, 15) is 0 Å². The molecule has 0 amide bonds. The van der Waals surface area contributed by atoms with Crippen molar-refractivity contribution in [2.75, 3.05) is 31.1 Å². The van der Waals surface area contributed by atoms with E-state index >= 15 is 0 Å². The van der Waals surface area contributed by atoms with Gasteiger partial charge in [-0.05, 0) is 59.7 Å². The molecule has 0 saturated carbocycles. The highest BCUT2D eigenvalue weighted by Crippen LogP contribution is 2.37. The van der Waals surface area contributed by atoms with Crippen molar-refractivity contribution in [1.29, 1.82) is 0 Å². The summed E-state index contributed by atoms with van der Waals surface area (Å²) in [5, 5.41) is 0. The molecule has 0 radical (unpaired) electrons. The van der Waals surface area contributed by atoms with Crippen molar-refractivity contribution in [3.63, 3.8) is 0 Å². The predicted octanol–water partition coefficient (Wildman–Crippen LogP) is 6.83. The summed E-state index contributed by atoms with van der Waals surface area (Å²) in [4.78, 5) is 5.09. The highest BCUT2D eigenvalue weighted by atomic mass is 15.3. The van der Waals surface area contributed by atoms with E-state index in [1.807, 2.05) is 0 Å². The zero-order chi connectivity index (χ0) is 22.5. The van der Waals surface area contributed by atoms with Crippen molar-refractivity contribution in [2.45, 2.75) is 33.7 Å². The van der Waals surface area contributed by atoms with E-state index in [2.05, 4.69) is 122 Å². The lowest BCUT2D eigenvalue weighted by Gasteiger charge is -2.38. The number of piperazine rings is 1. The summed E-state index contributed by atoms with van der Waals surface area (Å²) >= 11 is 0. The molecule has 166 valence electrons. The largest absolute Gasteiger partial charge is 0.369 e. The van der Waals surface area contributed by atoms with Crippen LogP contribution in [0.1, 0.15) is 44.4 Å². The number of rotatable bonds is 6. The Balaban J connectivity index is 1.72. The van der Waals surface area contributed by atoms with Gasteiger partial charge in [-0.1, -0.05) is 86.6 Å². The molecule has 0 aliphatic carbocycles. The first-order valence-corrected chi connectivity index (χ1v) is 12.0. The molecule has 3 aromatic carbocycles. The molecule has 32 heavy (non-hydrogen) atoms. The average molecular weight is 425 g/mol. The number of nitrogens with zero attached hydrogens (tertiary/aromatic N) is 2. The maximum absolute atomic E-state index is 2.57. The van der Waals surface area contributed by atoms with Crippen molar-refractivity contribution >= 4 is 16.8 Å². The molecule has 0 N–H and O–H groups in total. The minimum absolute atomic E-state index is 0.413. The van der Waals surface area contributed by atoms with Gasteiger partial charge in [0, 0.05) is 37.9 Å². The maximum atomic E-state index is 2.57. The van der Waals surface area contributed by atoms with E-state index < -0.39 is 0 Å². The van der Waals surface area contributed by atoms with Gasteiger partial charge in [0.25, 0.3) is 0 Å². The van der Waals surface area contributed by atoms with E-state index in [4.69, 9.17) is 0 Å². The third kappa shape index (κ3) is 4.97. The van der Waals surface area contributed by atoms with E-state index in [-0.39, 0.29) is 0 Å². The molecule has 2 heteroatoms. The quantitative estimate of drug-likeness (QED) is 0.400. The number of hydrogen-bond donors (Lipinski definition) is 0. The van der Waals surface area contributed by atoms with Crippen LogP contribution in [0.2, 0.25) is 0 Å². The molecule has 1 heterocycles. The molecular weight excluding hydrogens is 388 g/mol. The van der Waals surface area contributed by atoms with Crippen LogP contribution in [0.15, 0.2) is 84.9 Å². The van der Waals surface area contributed by atoms with Gasteiger partial charge in [-0.2, -0.15) is 0 Å². The van der Waals surface area contributed by atoms with Crippen LogP contribution in [0.3, 0.4) is 0 Å². The van der Waals surface area contributed by atoms with Gasteiger partial charge in [-0.15, -0.1) is 0 Å². The Hall–Kier alpha value is -2.84. The molecule has 1 fully saturated rings.